The number of hydrogen-bond acceptors (Lipinski definition) is 8. The third-order valence-electron chi connectivity index (χ3n) is 7.17. The van der Waals surface area contributed by atoms with Crippen LogP contribution in [0.3, 0.4) is 0 Å². The van der Waals surface area contributed by atoms with Crippen LogP contribution in [-0.4, -0.2) is 41.5 Å². The zero-order chi connectivity index (χ0) is 37.3. The van der Waals surface area contributed by atoms with E-state index in [0.717, 1.165) is 35.4 Å². The van der Waals surface area contributed by atoms with Crippen LogP contribution in [0.5, 0.6) is 0 Å². The average molecular weight is 718 g/mol. The third kappa shape index (κ3) is 9.41. The van der Waals surface area contributed by atoms with E-state index in [1.54, 1.807) is 48.5 Å². The first kappa shape index (κ1) is 36.4. The predicted molar refractivity (Wildman–Crippen MR) is 171 cm³/mol. The molecule has 2 aromatic heterocycles. The maximum atomic E-state index is 12.6. The van der Waals surface area contributed by atoms with Crippen LogP contribution in [0.2, 0.25) is 0 Å². The summed E-state index contributed by atoms with van der Waals surface area (Å²) in [4.78, 5) is 35.9. The lowest BCUT2D eigenvalue weighted by Crippen LogP contribution is -2.05. The Bertz CT molecular complexity index is 2230. The predicted octanol–water partition coefficient (Wildman–Crippen LogP) is 7.36. The van der Waals surface area contributed by atoms with Crippen LogP contribution in [0.4, 0.5) is 26.3 Å². The van der Waals surface area contributed by atoms with Gasteiger partial charge < -0.3 is 0 Å². The Morgan fingerprint density at radius 1 is 0.673 bits per heavy atom. The van der Waals surface area contributed by atoms with Gasteiger partial charge in [0.2, 0.25) is 11.0 Å². The molecule has 262 valence electrons. The smallest absolute Gasteiger partial charge is 0.264 e. The molecule has 6 aromatic rings. The minimum atomic E-state index is -4.39. The van der Waals surface area contributed by atoms with E-state index >= 15 is 0 Å². The van der Waals surface area contributed by atoms with E-state index in [-0.39, 0.29) is 13.0 Å². The summed E-state index contributed by atoms with van der Waals surface area (Å²) >= 11 is 0. The molecule has 0 saturated carbocycles. The quantitative estimate of drug-likeness (QED) is 0.0570. The summed E-state index contributed by atoms with van der Waals surface area (Å²) in [5.74, 6) is 0.298. The number of aliphatic imine (C=N–C) groups is 1. The number of hydrogen-bond donors (Lipinski definition) is 1. The molecule has 1 N–H and O–H groups in total. The van der Waals surface area contributed by atoms with Crippen molar-refractivity contribution in [3.05, 3.63) is 132 Å². The number of carbonyl (C=O) groups excluding carboxylic acids is 2. The summed E-state index contributed by atoms with van der Waals surface area (Å²) in [7, 11) is 0. The van der Waals surface area contributed by atoms with E-state index in [9.17, 15) is 35.9 Å². The fraction of sp³-hybridized carbons (Fsp3) is 0.118. The van der Waals surface area contributed by atoms with Gasteiger partial charge in [0.15, 0.2) is 16.8 Å². The fourth-order valence-electron chi connectivity index (χ4n) is 4.57. The number of amides is 1. The van der Waals surface area contributed by atoms with Gasteiger partial charge in [-0.3, -0.25) is 4.79 Å². The van der Waals surface area contributed by atoms with Crippen molar-refractivity contribution < 1.29 is 35.9 Å². The highest BCUT2D eigenvalue weighted by atomic mass is 19.4. The topological polar surface area (TPSA) is 158 Å². The number of aromatic nitrogens is 6. The number of alkyl halides is 6. The largest absolute Gasteiger partial charge is 0.416 e. The monoisotopic (exact) mass is 717 g/mol. The van der Waals surface area contributed by atoms with Crippen molar-refractivity contribution in [3.63, 3.8) is 0 Å². The van der Waals surface area contributed by atoms with Crippen molar-refractivity contribution in [2.24, 2.45) is 10.1 Å². The Kier molecular flexibility index (Phi) is 11.0. The molecule has 52 heavy (non-hydrogen) atoms. The minimum Gasteiger partial charge on any atom is -0.264 e. The van der Waals surface area contributed by atoms with Gasteiger partial charge in [-0.15, -0.1) is 10.2 Å². The number of benzene rings is 4. The Morgan fingerprint density at radius 2 is 1.10 bits per heavy atom. The van der Waals surface area contributed by atoms with E-state index in [1.807, 2.05) is 0 Å². The van der Waals surface area contributed by atoms with Gasteiger partial charge in [0.1, 0.15) is 18.2 Å². The Morgan fingerprint density at radius 3 is 1.48 bits per heavy atom. The SMILES string of the molecule is N=[N+]=NC(=O)Cc1ccc(-c2ncn(-c3ccc(C(F)(F)F)cc3)n2)cc1.O=C=NCc1ccc(-c2ncn(-c3ccc(C(F)(F)F)cc3)n2)cc1. The zero-order valence-corrected chi connectivity index (χ0v) is 26.4. The summed E-state index contributed by atoms with van der Waals surface area (Å²) < 4.78 is 78.4. The van der Waals surface area contributed by atoms with Crippen LogP contribution in [-0.2, 0) is 34.9 Å². The summed E-state index contributed by atoms with van der Waals surface area (Å²) in [6.07, 6.45) is -4.43. The molecule has 4 aromatic carbocycles. The molecule has 0 unspecified atom stereocenters. The van der Waals surface area contributed by atoms with Crippen LogP contribution < -0.4 is 4.91 Å². The van der Waals surface area contributed by atoms with Gasteiger partial charge >= 0.3 is 18.3 Å². The van der Waals surface area contributed by atoms with Crippen molar-refractivity contribution in [2.75, 3.05) is 0 Å². The number of halogens is 6. The summed E-state index contributed by atoms with van der Waals surface area (Å²) in [5, 5.41) is 11.6. The number of isocyanates is 1. The number of nitrogens with zero attached hydrogens (tertiary/aromatic N) is 9. The Labute approximate surface area is 289 Å². The lowest BCUT2D eigenvalue weighted by Gasteiger charge is -2.07. The normalized spacial score (nSPS) is 11.1. The first-order chi connectivity index (χ1) is 24.8. The fourth-order valence-corrected chi connectivity index (χ4v) is 4.57. The van der Waals surface area contributed by atoms with E-state index in [0.29, 0.717) is 34.2 Å². The Balaban J connectivity index is 0.000000202. The second-order valence-electron chi connectivity index (χ2n) is 10.7. The van der Waals surface area contributed by atoms with Gasteiger partial charge in [-0.2, -0.15) is 26.3 Å². The molecule has 12 nitrogen and oxygen atoms in total. The summed E-state index contributed by atoms with van der Waals surface area (Å²) in [6.45, 7) is 0.247. The molecule has 0 aliphatic rings. The second-order valence-corrected chi connectivity index (χ2v) is 10.7. The minimum absolute atomic E-state index is 0.0239. The van der Waals surface area contributed by atoms with Gasteiger partial charge in [0, 0.05) is 11.1 Å². The molecule has 6 rings (SSSR count). The van der Waals surface area contributed by atoms with Crippen LogP contribution in [0.1, 0.15) is 22.3 Å². The average Bonchev–Trinajstić information content (AvgIpc) is 3.83. The molecule has 0 saturated heterocycles. The van der Waals surface area contributed by atoms with Gasteiger partial charge in [-0.25, -0.2) is 29.1 Å². The maximum Gasteiger partial charge on any atom is 0.416 e. The number of rotatable bonds is 8. The van der Waals surface area contributed by atoms with Crippen molar-refractivity contribution in [1.29, 1.82) is 5.53 Å². The van der Waals surface area contributed by atoms with Gasteiger partial charge in [-0.1, -0.05) is 48.5 Å². The zero-order valence-electron chi connectivity index (χ0n) is 26.4. The molecule has 0 fully saturated rings. The van der Waals surface area contributed by atoms with Crippen LogP contribution in [0, 0.1) is 5.53 Å². The molecule has 1 amide bonds. The molecule has 0 atom stereocenters. The van der Waals surface area contributed by atoms with Crippen molar-refractivity contribution in [3.8, 4) is 34.2 Å². The first-order valence-electron chi connectivity index (χ1n) is 14.8. The highest BCUT2D eigenvalue weighted by Crippen LogP contribution is 2.31. The number of carbonyl (C=O) groups is 1. The van der Waals surface area contributed by atoms with Gasteiger partial charge in [-0.05, 0) is 59.7 Å². The molecular weight excluding hydrogens is 694 g/mol. The van der Waals surface area contributed by atoms with Crippen LogP contribution in [0.25, 0.3) is 34.2 Å². The highest BCUT2D eigenvalue weighted by molar-refractivity contribution is 5.78. The lowest BCUT2D eigenvalue weighted by molar-refractivity contribution is -0.138. The molecule has 0 spiro atoms. The second kappa shape index (κ2) is 15.8. The highest BCUT2D eigenvalue weighted by Gasteiger charge is 2.31. The maximum absolute atomic E-state index is 12.6. The van der Waals surface area contributed by atoms with E-state index in [4.69, 9.17) is 5.53 Å². The summed E-state index contributed by atoms with van der Waals surface area (Å²) in [5.41, 5.74) is 8.95. The molecule has 0 aliphatic heterocycles. The van der Waals surface area contributed by atoms with Crippen molar-refractivity contribution >= 4 is 12.0 Å². The van der Waals surface area contributed by atoms with Gasteiger partial charge in [0.25, 0.3) is 0 Å². The molecule has 0 bridgehead atoms. The molecule has 2 heterocycles. The van der Waals surface area contributed by atoms with Crippen molar-refractivity contribution in [1.82, 2.24) is 34.4 Å². The summed E-state index contributed by atoms with van der Waals surface area (Å²) in [6, 6.07) is 23.2. The van der Waals surface area contributed by atoms with Crippen LogP contribution in [0.15, 0.2) is 120 Å². The molecule has 0 radical (unpaired) electrons. The van der Waals surface area contributed by atoms with E-state index in [1.165, 1.54) is 52.4 Å². The number of nitrogens with one attached hydrogen (secondary N) is 1. The first-order valence-corrected chi connectivity index (χ1v) is 14.8. The van der Waals surface area contributed by atoms with Gasteiger partial charge in [0.05, 0.1) is 35.5 Å². The molecule has 0 aliphatic carbocycles. The van der Waals surface area contributed by atoms with E-state index < -0.39 is 29.4 Å². The third-order valence-corrected chi connectivity index (χ3v) is 7.17. The molecule has 18 heteroatoms. The van der Waals surface area contributed by atoms with E-state index in [2.05, 4.69) is 35.2 Å². The standard InChI is InChI=1S/C17H12F3N6O.C17H11F3N4O/c18-17(19,20)13-5-7-14(8-6-13)26-10-22-16(24-26)12-3-1-11(2-4-12)9-15(27)23-25-21;18-17(19,20)14-5-7-15(8-6-14)24-10-22-16(23-24)13-3-1-12(2-4-13)9-21-11-25/h1-8,10,21H,9H2;1-8,10H,9H2/q+1;. The van der Waals surface area contributed by atoms with Crippen molar-refractivity contribution in [2.45, 2.75) is 25.3 Å². The Hall–Kier alpha value is -6.90. The van der Waals surface area contributed by atoms with Crippen LogP contribution >= 0.6 is 0 Å². The lowest BCUT2D eigenvalue weighted by atomic mass is 10.1. The molecular formula is C34H23F6N10O2+.